The topological polar surface area (TPSA) is 32.3 Å². The molecular formula is C9H20N2O. The smallest absolute Gasteiger partial charge is 0.236 e. The lowest BCUT2D eigenvalue weighted by atomic mass is 10.2. The minimum atomic E-state index is 0.172. The second-order valence-electron chi connectivity index (χ2n) is 3.04. The third kappa shape index (κ3) is 3.72. The van der Waals surface area contributed by atoms with Gasteiger partial charge in [0.05, 0.1) is 6.54 Å². The van der Waals surface area contributed by atoms with Crippen molar-refractivity contribution in [1.29, 1.82) is 0 Å². The SMILES string of the molecule is CCNCC(=O)N(C)C(C)CC. The van der Waals surface area contributed by atoms with Gasteiger partial charge in [0, 0.05) is 13.1 Å². The molecule has 3 nitrogen and oxygen atoms in total. The minimum Gasteiger partial charge on any atom is -0.342 e. The predicted octanol–water partition coefficient (Wildman–Crippen LogP) is 0.853. The van der Waals surface area contributed by atoms with E-state index in [1.54, 1.807) is 4.90 Å². The molecule has 1 atom stereocenters. The highest BCUT2D eigenvalue weighted by Gasteiger charge is 2.12. The average molecular weight is 172 g/mol. The van der Waals surface area contributed by atoms with Gasteiger partial charge in [0.1, 0.15) is 0 Å². The Morgan fingerprint density at radius 3 is 2.50 bits per heavy atom. The summed E-state index contributed by atoms with van der Waals surface area (Å²) in [6.45, 7) is 7.44. The molecule has 0 fully saturated rings. The van der Waals surface area contributed by atoms with Crippen molar-refractivity contribution < 1.29 is 4.79 Å². The first kappa shape index (κ1) is 11.4. The molecule has 0 aliphatic carbocycles. The Labute approximate surface area is 75.1 Å². The van der Waals surface area contributed by atoms with Crippen LogP contribution < -0.4 is 5.32 Å². The number of nitrogens with zero attached hydrogens (tertiary/aromatic N) is 1. The fraction of sp³-hybridized carbons (Fsp3) is 0.889. The molecule has 0 aromatic rings. The van der Waals surface area contributed by atoms with Crippen LogP contribution in [0.5, 0.6) is 0 Å². The Kier molecular flexibility index (Phi) is 5.72. The van der Waals surface area contributed by atoms with Crippen LogP contribution in [0.3, 0.4) is 0 Å². The average Bonchev–Trinajstić information content (AvgIpc) is 2.11. The number of amides is 1. The molecule has 1 N–H and O–H groups in total. The molecule has 0 radical (unpaired) electrons. The van der Waals surface area contributed by atoms with Crippen LogP contribution in [0.4, 0.5) is 0 Å². The molecule has 72 valence electrons. The van der Waals surface area contributed by atoms with Gasteiger partial charge in [-0.3, -0.25) is 4.79 Å². The van der Waals surface area contributed by atoms with Gasteiger partial charge in [0.15, 0.2) is 0 Å². The Balaban J connectivity index is 3.75. The van der Waals surface area contributed by atoms with E-state index in [1.807, 2.05) is 14.0 Å². The van der Waals surface area contributed by atoms with E-state index in [1.165, 1.54) is 0 Å². The molecule has 3 heteroatoms. The van der Waals surface area contributed by atoms with Crippen molar-refractivity contribution in [3.63, 3.8) is 0 Å². The zero-order valence-corrected chi connectivity index (χ0v) is 8.55. The van der Waals surface area contributed by atoms with Gasteiger partial charge in [0.2, 0.25) is 5.91 Å². The van der Waals surface area contributed by atoms with Crippen LogP contribution in [0.2, 0.25) is 0 Å². The Hall–Kier alpha value is -0.570. The fourth-order valence-corrected chi connectivity index (χ4v) is 0.876. The van der Waals surface area contributed by atoms with Crippen molar-refractivity contribution in [3.05, 3.63) is 0 Å². The molecule has 0 heterocycles. The summed E-state index contributed by atoms with van der Waals surface area (Å²) in [6, 6.07) is 0.344. The summed E-state index contributed by atoms with van der Waals surface area (Å²) in [4.78, 5) is 13.2. The summed E-state index contributed by atoms with van der Waals surface area (Å²) in [7, 11) is 1.86. The molecule has 0 aliphatic heterocycles. The minimum absolute atomic E-state index is 0.172. The van der Waals surface area contributed by atoms with Crippen LogP contribution in [-0.4, -0.2) is 37.0 Å². The molecule has 0 rings (SSSR count). The molecule has 1 unspecified atom stereocenters. The normalized spacial score (nSPS) is 12.7. The highest BCUT2D eigenvalue weighted by Crippen LogP contribution is 1.99. The van der Waals surface area contributed by atoms with Crippen LogP contribution in [0.25, 0.3) is 0 Å². The molecule has 12 heavy (non-hydrogen) atoms. The number of nitrogens with one attached hydrogen (secondary N) is 1. The van der Waals surface area contributed by atoms with Gasteiger partial charge < -0.3 is 10.2 Å². The predicted molar refractivity (Wildman–Crippen MR) is 51.1 cm³/mol. The summed E-state index contributed by atoms with van der Waals surface area (Å²) >= 11 is 0. The first-order valence-corrected chi connectivity index (χ1v) is 4.59. The van der Waals surface area contributed by atoms with Gasteiger partial charge in [-0.2, -0.15) is 0 Å². The Morgan fingerprint density at radius 1 is 1.50 bits per heavy atom. The Bertz CT molecular complexity index is 136. The number of hydrogen-bond donors (Lipinski definition) is 1. The van der Waals surface area contributed by atoms with Gasteiger partial charge in [-0.15, -0.1) is 0 Å². The third-order valence-electron chi connectivity index (χ3n) is 2.17. The summed E-state index contributed by atoms with van der Waals surface area (Å²) in [5.74, 6) is 0.172. The lowest BCUT2D eigenvalue weighted by molar-refractivity contribution is -0.130. The highest BCUT2D eigenvalue weighted by molar-refractivity contribution is 5.78. The zero-order valence-electron chi connectivity index (χ0n) is 8.55. The van der Waals surface area contributed by atoms with E-state index in [9.17, 15) is 4.79 Å². The van der Waals surface area contributed by atoms with Crippen molar-refractivity contribution in [3.8, 4) is 0 Å². The van der Waals surface area contributed by atoms with Crippen molar-refractivity contribution in [2.75, 3.05) is 20.1 Å². The van der Waals surface area contributed by atoms with Crippen molar-refractivity contribution in [2.24, 2.45) is 0 Å². The summed E-state index contributed by atoms with van der Waals surface area (Å²) in [6.07, 6.45) is 1.01. The van der Waals surface area contributed by atoms with E-state index in [0.29, 0.717) is 12.6 Å². The van der Waals surface area contributed by atoms with E-state index in [4.69, 9.17) is 0 Å². The van der Waals surface area contributed by atoms with Crippen LogP contribution in [0, 0.1) is 0 Å². The van der Waals surface area contributed by atoms with E-state index in [2.05, 4.69) is 19.2 Å². The van der Waals surface area contributed by atoms with Gasteiger partial charge >= 0.3 is 0 Å². The van der Waals surface area contributed by atoms with E-state index in [-0.39, 0.29) is 5.91 Å². The van der Waals surface area contributed by atoms with Gasteiger partial charge in [-0.25, -0.2) is 0 Å². The van der Waals surface area contributed by atoms with Crippen LogP contribution in [-0.2, 0) is 4.79 Å². The van der Waals surface area contributed by atoms with Gasteiger partial charge in [0.25, 0.3) is 0 Å². The standard InChI is InChI=1S/C9H20N2O/c1-5-8(3)11(4)9(12)7-10-6-2/h8,10H,5-7H2,1-4H3. The molecular weight excluding hydrogens is 152 g/mol. The second kappa shape index (κ2) is 6.00. The maximum Gasteiger partial charge on any atom is 0.236 e. The largest absolute Gasteiger partial charge is 0.342 e. The van der Waals surface area contributed by atoms with Gasteiger partial charge in [-0.1, -0.05) is 13.8 Å². The monoisotopic (exact) mass is 172 g/mol. The van der Waals surface area contributed by atoms with Crippen molar-refractivity contribution in [2.45, 2.75) is 33.2 Å². The van der Waals surface area contributed by atoms with Crippen LogP contribution in [0.15, 0.2) is 0 Å². The second-order valence-corrected chi connectivity index (χ2v) is 3.04. The first-order valence-electron chi connectivity index (χ1n) is 4.59. The number of likely N-dealkylation sites (N-methyl/N-ethyl adjacent to an activating group) is 2. The van der Waals surface area contributed by atoms with E-state index in [0.717, 1.165) is 13.0 Å². The molecule has 0 saturated heterocycles. The van der Waals surface area contributed by atoms with Crippen molar-refractivity contribution in [1.82, 2.24) is 10.2 Å². The molecule has 0 aromatic heterocycles. The quantitative estimate of drug-likeness (QED) is 0.667. The third-order valence-corrected chi connectivity index (χ3v) is 2.17. The summed E-state index contributed by atoms with van der Waals surface area (Å²) in [5, 5.41) is 3.02. The molecule has 0 aliphatic rings. The molecule has 0 bridgehead atoms. The van der Waals surface area contributed by atoms with Crippen molar-refractivity contribution >= 4 is 5.91 Å². The lowest BCUT2D eigenvalue weighted by Gasteiger charge is -2.23. The van der Waals surface area contributed by atoms with Crippen LogP contribution in [0.1, 0.15) is 27.2 Å². The number of carbonyl (C=O) groups excluding carboxylic acids is 1. The molecule has 0 saturated carbocycles. The highest BCUT2D eigenvalue weighted by atomic mass is 16.2. The molecule has 0 aromatic carbocycles. The van der Waals surface area contributed by atoms with E-state index >= 15 is 0 Å². The van der Waals surface area contributed by atoms with Crippen LogP contribution >= 0.6 is 0 Å². The number of rotatable bonds is 5. The lowest BCUT2D eigenvalue weighted by Crippen LogP contribution is -2.40. The fourth-order valence-electron chi connectivity index (χ4n) is 0.876. The molecule has 1 amide bonds. The first-order chi connectivity index (χ1) is 5.63. The van der Waals surface area contributed by atoms with Gasteiger partial charge in [-0.05, 0) is 19.9 Å². The summed E-state index contributed by atoms with van der Waals surface area (Å²) in [5.41, 5.74) is 0. The summed E-state index contributed by atoms with van der Waals surface area (Å²) < 4.78 is 0. The Morgan fingerprint density at radius 2 is 2.08 bits per heavy atom. The number of carbonyl (C=O) groups is 1. The van der Waals surface area contributed by atoms with E-state index < -0.39 is 0 Å². The maximum absolute atomic E-state index is 11.4. The maximum atomic E-state index is 11.4. The molecule has 0 spiro atoms. The zero-order chi connectivity index (χ0) is 9.56. The number of hydrogen-bond acceptors (Lipinski definition) is 2.